The van der Waals surface area contributed by atoms with Crippen LogP contribution >= 0.6 is 11.3 Å². The summed E-state index contributed by atoms with van der Waals surface area (Å²) < 4.78 is 0. The molecule has 1 aromatic heterocycles. The molecule has 1 saturated heterocycles. The van der Waals surface area contributed by atoms with E-state index in [2.05, 4.69) is 0 Å². The van der Waals surface area contributed by atoms with Crippen molar-refractivity contribution >= 4 is 34.5 Å². The summed E-state index contributed by atoms with van der Waals surface area (Å²) in [5.74, 6) is -1.33. The van der Waals surface area contributed by atoms with Gasteiger partial charge in [0.2, 0.25) is 0 Å². The molecule has 1 amide bonds. The number of ketones is 1. The first-order chi connectivity index (χ1) is 15.5. The van der Waals surface area contributed by atoms with Gasteiger partial charge in [-0.15, -0.1) is 11.3 Å². The topological polar surface area (TPSA) is 57.6 Å². The van der Waals surface area contributed by atoms with Gasteiger partial charge in [-0.1, -0.05) is 30.3 Å². The summed E-state index contributed by atoms with van der Waals surface area (Å²) in [4.78, 5) is 29.0. The Bertz CT molecular complexity index is 1260. The number of carbonyl (C=O) groups is 2. The largest absolute Gasteiger partial charge is 0.507 e. The Morgan fingerprint density at radius 3 is 2.53 bits per heavy atom. The number of Topliss-reactive ketones (excluding diaryl/α,β-unsaturated/α-hetero) is 1. The molecule has 0 bridgehead atoms. The second kappa shape index (κ2) is 8.06. The molecule has 32 heavy (non-hydrogen) atoms. The number of rotatable bonds is 3. The third-order valence-corrected chi connectivity index (χ3v) is 7.64. The van der Waals surface area contributed by atoms with Crippen molar-refractivity contribution in [2.45, 2.75) is 45.6 Å². The average Bonchev–Trinajstić information content (AvgIpc) is 3.42. The highest BCUT2D eigenvalue weighted by Crippen LogP contribution is 2.44. The van der Waals surface area contributed by atoms with Crippen molar-refractivity contribution < 1.29 is 14.7 Å². The first-order valence-corrected chi connectivity index (χ1v) is 11.9. The van der Waals surface area contributed by atoms with E-state index in [1.54, 1.807) is 4.90 Å². The molecular formula is C27H25NO3S. The molecule has 1 N–H and O–H groups in total. The lowest BCUT2D eigenvalue weighted by Crippen LogP contribution is -2.29. The Morgan fingerprint density at radius 2 is 1.78 bits per heavy atom. The molecule has 0 saturated carbocycles. The van der Waals surface area contributed by atoms with Crippen LogP contribution in [0.4, 0.5) is 5.69 Å². The summed E-state index contributed by atoms with van der Waals surface area (Å²) >= 11 is 1.48. The smallest absolute Gasteiger partial charge is 0.300 e. The van der Waals surface area contributed by atoms with Crippen molar-refractivity contribution in [1.29, 1.82) is 0 Å². The molecule has 1 aliphatic carbocycles. The van der Waals surface area contributed by atoms with Crippen LogP contribution in [0.25, 0.3) is 5.76 Å². The minimum Gasteiger partial charge on any atom is -0.507 e. The number of benzene rings is 2. The van der Waals surface area contributed by atoms with Crippen LogP contribution in [0, 0.1) is 13.8 Å². The fraction of sp³-hybridized carbons (Fsp3) is 0.259. The van der Waals surface area contributed by atoms with Gasteiger partial charge in [-0.3, -0.25) is 14.5 Å². The van der Waals surface area contributed by atoms with E-state index in [1.807, 2.05) is 67.8 Å². The molecule has 3 aromatic rings. The van der Waals surface area contributed by atoms with E-state index < -0.39 is 17.7 Å². The Morgan fingerprint density at radius 1 is 1.00 bits per heavy atom. The Labute approximate surface area is 191 Å². The number of aliphatic hydroxyl groups excluding tert-OH is 1. The van der Waals surface area contributed by atoms with E-state index in [-0.39, 0.29) is 11.3 Å². The maximum absolute atomic E-state index is 13.3. The molecule has 2 aromatic carbocycles. The highest BCUT2D eigenvalue weighted by atomic mass is 32.1. The molecule has 5 rings (SSSR count). The number of anilines is 1. The van der Waals surface area contributed by atoms with Crippen molar-refractivity contribution in [2.24, 2.45) is 0 Å². The molecule has 2 heterocycles. The number of aryl methyl sites for hydroxylation is 3. The number of hydrogen-bond acceptors (Lipinski definition) is 4. The molecule has 1 fully saturated rings. The molecular weight excluding hydrogens is 418 g/mol. The van der Waals surface area contributed by atoms with Crippen LogP contribution < -0.4 is 4.90 Å². The maximum atomic E-state index is 13.3. The summed E-state index contributed by atoms with van der Waals surface area (Å²) in [5, 5.41) is 13.3. The summed E-state index contributed by atoms with van der Waals surface area (Å²) in [6, 6.07) is 14.8. The standard InChI is InChI=1S/C27H25NO3S/c1-16-7-5-10-21(17(16)2)28-24(22-11-6-14-32-22)23(26(30)27(28)31)25(29)20-13-12-18-8-3-4-9-19(18)15-20/h5-7,10-15,24,29H,3-4,8-9H2,1-2H3/b25-23-. The predicted molar refractivity (Wildman–Crippen MR) is 128 cm³/mol. The molecule has 1 aliphatic heterocycles. The molecule has 162 valence electrons. The van der Waals surface area contributed by atoms with Gasteiger partial charge >= 0.3 is 0 Å². The van der Waals surface area contributed by atoms with Gasteiger partial charge in [0.05, 0.1) is 5.57 Å². The lowest BCUT2D eigenvalue weighted by atomic mass is 9.89. The van der Waals surface area contributed by atoms with Crippen LogP contribution in [0.3, 0.4) is 0 Å². The number of amides is 1. The van der Waals surface area contributed by atoms with Gasteiger partial charge in [-0.2, -0.15) is 0 Å². The number of fused-ring (bicyclic) bond motifs is 1. The minimum absolute atomic E-state index is 0.0945. The van der Waals surface area contributed by atoms with Crippen LogP contribution in [0.2, 0.25) is 0 Å². The number of thiophene rings is 1. The summed E-state index contributed by atoms with van der Waals surface area (Å²) in [5.41, 5.74) is 5.99. The predicted octanol–water partition coefficient (Wildman–Crippen LogP) is 5.87. The van der Waals surface area contributed by atoms with Gasteiger partial charge in [0.1, 0.15) is 11.8 Å². The molecule has 2 aliphatic rings. The van der Waals surface area contributed by atoms with E-state index in [1.165, 1.54) is 28.9 Å². The highest BCUT2D eigenvalue weighted by molar-refractivity contribution is 7.10. The van der Waals surface area contributed by atoms with Crippen LogP contribution in [-0.4, -0.2) is 16.8 Å². The quantitative estimate of drug-likeness (QED) is 0.313. The van der Waals surface area contributed by atoms with Crippen LogP contribution in [0.15, 0.2) is 59.5 Å². The van der Waals surface area contributed by atoms with Crippen molar-refractivity contribution in [3.8, 4) is 0 Å². The van der Waals surface area contributed by atoms with E-state index in [9.17, 15) is 14.7 Å². The monoisotopic (exact) mass is 443 g/mol. The number of aliphatic hydroxyl groups is 1. The molecule has 1 atom stereocenters. The van der Waals surface area contributed by atoms with Crippen molar-refractivity contribution in [3.63, 3.8) is 0 Å². The van der Waals surface area contributed by atoms with Gasteiger partial charge < -0.3 is 5.11 Å². The van der Waals surface area contributed by atoms with Gasteiger partial charge in [0, 0.05) is 16.1 Å². The first-order valence-electron chi connectivity index (χ1n) is 11.0. The summed E-state index contributed by atoms with van der Waals surface area (Å²) in [7, 11) is 0. The van der Waals surface area contributed by atoms with E-state index in [4.69, 9.17) is 0 Å². The zero-order valence-corrected chi connectivity index (χ0v) is 19.0. The van der Waals surface area contributed by atoms with Gasteiger partial charge in [0.15, 0.2) is 0 Å². The molecule has 4 nitrogen and oxygen atoms in total. The molecule has 0 radical (unpaired) electrons. The Kier molecular flexibility index (Phi) is 5.22. The first kappa shape index (κ1) is 20.7. The number of carbonyl (C=O) groups excluding carboxylic acids is 2. The molecule has 0 spiro atoms. The minimum atomic E-state index is -0.647. The van der Waals surface area contributed by atoms with Gasteiger partial charge in [-0.25, -0.2) is 0 Å². The van der Waals surface area contributed by atoms with Crippen molar-refractivity contribution in [1.82, 2.24) is 0 Å². The fourth-order valence-electron chi connectivity index (χ4n) is 4.83. The third kappa shape index (κ3) is 3.28. The summed E-state index contributed by atoms with van der Waals surface area (Å²) in [6.45, 7) is 3.95. The second-order valence-electron chi connectivity index (χ2n) is 8.59. The van der Waals surface area contributed by atoms with Crippen molar-refractivity contribution in [3.05, 3.63) is 92.2 Å². The highest BCUT2D eigenvalue weighted by Gasteiger charge is 2.47. The van der Waals surface area contributed by atoms with E-state index in [0.717, 1.165) is 35.3 Å². The lowest BCUT2D eigenvalue weighted by molar-refractivity contribution is -0.132. The van der Waals surface area contributed by atoms with Gasteiger partial charge in [-0.05, 0) is 85.4 Å². The van der Waals surface area contributed by atoms with Crippen LogP contribution in [0.1, 0.15) is 51.6 Å². The second-order valence-corrected chi connectivity index (χ2v) is 9.57. The average molecular weight is 444 g/mol. The molecule has 1 unspecified atom stereocenters. The Balaban J connectivity index is 1.70. The lowest BCUT2D eigenvalue weighted by Gasteiger charge is -2.26. The van der Waals surface area contributed by atoms with Crippen molar-refractivity contribution in [2.75, 3.05) is 4.90 Å². The SMILES string of the molecule is Cc1cccc(N2C(=O)C(=O)/C(=C(\O)c3ccc4c(c3)CCCC4)C2c2cccs2)c1C. The summed E-state index contributed by atoms with van der Waals surface area (Å²) in [6.07, 6.45) is 4.32. The van der Waals surface area contributed by atoms with E-state index in [0.29, 0.717) is 11.3 Å². The number of nitrogens with zero attached hydrogens (tertiary/aromatic N) is 1. The maximum Gasteiger partial charge on any atom is 0.300 e. The normalized spacial score (nSPS) is 19.9. The fourth-order valence-corrected chi connectivity index (χ4v) is 5.65. The van der Waals surface area contributed by atoms with Crippen LogP contribution in [-0.2, 0) is 22.4 Å². The van der Waals surface area contributed by atoms with E-state index >= 15 is 0 Å². The Hall–Kier alpha value is -3.18. The third-order valence-electron chi connectivity index (χ3n) is 6.71. The van der Waals surface area contributed by atoms with Gasteiger partial charge in [0.25, 0.3) is 11.7 Å². The van der Waals surface area contributed by atoms with Crippen LogP contribution in [0.5, 0.6) is 0 Å². The number of hydrogen-bond donors (Lipinski definition) is 1. The zero-order valence-electron chi connectivity index (χ0n) is 18.2. The molecule has 5 heteroatoms. The zero-order chi connectivity index (χ0) is 22.4.